The van der Waals surface area contributed by atoms with Crippen LogP contribution in [0.4, 0.5) is 5.69 Å². The molecule has 1 amide bonds. The van der Waals surface area contributed by atoms with Crippen molar-refractivity contribution >= 4 is 45.8 Å². The first kappa shape index (κ1) is 13.1. The van der Waals surface area contributed by atoms with E-state index in [2.05, 4.69) is 27.9 Å². The average molecular weight is 366 g/mol. The van der Waals surface area contributed by atoms with Gasteiger partial charge in [-0.05, 0) is 60.6 Å². The van der Waals surface area contributed by atoms with E-state index in [1.54, 1.807) is 12.1 Å². The van der Waals surface area contributed by atoms with Gasteiger partial charge in [0, 0.05) is 8.59 Å². The highest BCUT2D eigenvalue weighted by Gasteiger charge is 2.28. The molecule has 3 nitrogen and oxygen atoms in total. The van der Waals surface area contributed by atoms with Gasteiger partial charge in [-0.25, -0.2) is 0 Å². The van der Waals surface area contributed by atoms with E-state index in [4.69, 9.17) is 16.3 Å². The van der Waals surface area contributed by atoms with Crippen LogP contribution >= 0.6 is 34.2 Å². The fraction of sp³-hybridized carbons (Fsp3) is 0.417. The summed E-state index contributed by atoms with van der Waals surface area (Å²) in [4.78, 5) is 11.9. The van der Waals surface area contributed by atoms with Gasteiger partial charge in [0.2, 0.25) is 0 Å². The summed E-state index contributed by atoms with van der Waals surface area (Å²) in [5.74, 6) is -0.0745. The Morgan fingerprint density at radius 2 is 2.29 bits per heavy atom. The van der Waals surface area contributed by atoms with Gasteiger partial charge in [0.05, 0.1) is 11.8 Å². The van der Waals surface area contributed by atoms with Crippen molar-refractivity contribution in [3.8, 4) is 0 Å². The summed E-state index contributed by atoms with van der Waals surface area (Å²) in [6.45, 7) is 1.99. The quantitative estimate of drug-likeness (QED) is 0.815. The zero-order valence-corrected chi connectivity index (χ0v) is 12.3. The van der Waals surface area contributed by atoms with Gasteiger partial charge in [0.15, 0.2) is 0 Å². The molecule has 1 aromatic carbocycles. The molecule has 1 heterocycles. The third-order valence-corrected chi connectivity index (χ3v) is 3.84. The molecule has 1 aromatic rings. The molecule has 0 radical (unpaired) electrons. The Balaban J connectivity index is 2.03. The lowest BCUT2D eigenvalue weighted by atomic mass is 10.2. The minimum atomic E-state index is -0.323. The number of amides is 1. The number of benzene rings is 1. The van der Waals surface area contributed by atoms with Gasteiger partial charge in [0.1, 0.15) is 6.10 Å². The third-order valence-electron chi connectivity index (χ3n) is 2.71. The molecule has 2 rings (SSSR count). The Labute approximate surface area is 119 Å². The van der Waals surface area contributed by atoms with Crippen molar-refractivity contribution in [1.82, 2.24) is 0 Å². The molecule has 5 heteroatoms. The predicted octanol–water partition coefficient (Wildman–Crippen LogP) is 3.45. The van der Waals surface area contributed by atoms with Crippen LogP contribution in [-0.4, -0.2) is 18.1 Å². The normalized spacial score (nSPS) is 23.7. The minimum Gasteiger partial charge on any atom is -0.365 e. The number of hydrogen-bond donors (Lipinski definition) is 1. The summed E-state index contributed by atoms with van der Waals surface area (Å²) < 4.78 is 6.44. The van der Waals surface area contributed by atoms with Crippen LogP contribution in [0.3, 0.4) is 0 Å². The summed E-state index contributed by atoms with van der Waals surface area (Å²) >= 11 is 8.00. The molecule has 17 heavy (non-hydrogen) atoms. The summed E-state index contributed by atoms with van der Waals surface area (Å²) in [6, 6.07) is 5.38. The van der Waals surface area contributed by atoms with Crippen LogP contribution in [0.15, 0.2) is 18.2 Å². The SMILES string of the molecule is CC1CCC(C(=O)Nc2ccc(Cl)cc2I)O1. The smallest absolute Gasteiger partial charge is 0.253 e. The maximum Gasteiger partial charge on any atom is 0.253 e. The van der Waals surface area contributed by atoms with Crippen molar-refractivity contribution in [2.75, 3.05) is 5.32 Å². The number of ether oxygens (including phenoxy) is 1. The summed E-state index contributed by atoms with van der Waals surface area (Å²) in [6.07, 6.45) is 1.58. The molecule has 1 saturated heterocycles. The first-order valence-corrected chi connectivity index (χ1v) is 6.93. The predicted molar refractivity (Wildman–Crippen MR) is 76.4 cm³/mol. The first-order valence-electron chi connectivity index (χ1n) is 5.47. The van der Waals surface area contributed by atoms with Crippen molar-refractivity contribution in [1.29, 1.82) is 0 Å². The van der Waals surface area contributed by atoms with Crippen molar-refractivity contribution in [2.45, 2.75) is 32.0 Å². The molecule has 1 aliphatic rings. The second kappa shape index (κ2) is 5.54. The van der Waals surface area contributed by atoms with E-state index in [9.17, 15) is 4.79 Å². The maximum atomic E-state index is 11.9. The zero-order chi connectivity index (χ0) is 12.4. The molecule has 1 N–H and O–H groups in total. The highest BCUT2D eigenvalue weighted by atomic mass is 127. The summed E-state index contributed by atoms with van der Waals surface area (Å²) in [5, 5.41) is 3.53. The van der Waals surface area contributed by atoms with Gasteiger partial charge in [-0.2, -0.15) is 0 Å². The largest absolute Gasteiger partial charge is 0.365 e. The molecule has 0 spiro atoms. The molecule has 1 fully saturated rings. The number of nitrogens with one attached hydrogen (secondary N) is 1. The van der Waals surface area contributed by atoms with Gasteiger partial charge < -0.3 is 10.1 Å². The molecular weight excluding hydrogens is 352 g/mol. The van der Waals surface area contributed by atoms with E-state index >= 15 is 0 Å². The average Bonchev–Trinajstić information content (AvgIpc) is 2.69. The van der Waals surface area contributed by atoms with Gasteiger partial charge in [-0.3, -0.25) is 4.79 Å². The molecular formula is C12H13ClINO2. The Morgan fingerprint density at radius 3 is 2.88 bits per heavy atom. The second-order valence-corrected chi connectivity index (χ2v) is 5.72. The highest BCUT2D eigenvalue weighted by molar-refractivity contribution is 14.1. The zero-order valence-electron chi connectivity index (χ0n) is 9.37. The van der Waals surface area contributed by atoms with E-state index in [1.807, 2.05) is 13.0 Å². The van der Waals surface area contributed by atoms with Crippen LogP contribution < -0.4 is 5.32 Å². The number of halogens is 2. The second-order valence-electron chi connectivity index (χ2n) is 4.13. The Hall–Kier alpha value is -0.330. The number of hydrogen-bond acceptors (Lipinski definition) is 2. The molecule has 0 aliphatic carbocycles. The maximum absolute atomic E-state index is 11.9. The topological polar surface area (TPSA) is 38.3 Å². The van der Waals surface area contributed by atoms with E-state index in [-0.39, 0.29) is 18.1 Å². The number of carbonyl (C=O) groups is 1. The van der Waals surface area contributed by atoms with Crippen LogP contribution in [0.25, 0.3) is 0 Å². The Morgan fingerprint density at radius 1 is 1.53 bits per heavy atom. The van der Waals surface area contributed by atoms with Crippen LogP contribution in [0.2, 0.25) is 5.02 Å². The number of carbonyl (C=O) groups excluding carboxylic acids is 1. The Bertz CT molecular complexity index is 439. The lowest BCUT2D eigenvalue weighted by molar-refractivity contribution is -0.126. The fourth-order valence-electron chi connectivity index (χ4n) is 1.80. The highest BCUT2D eigenvalue weighted by Crippen LogP contribution is 2.24. The first-order chi connectivity index (χ1) is 8.06. The van der Waals surface area contributed by atoms with Gasteiger partial charge in [-0.1, -0.05) is 11.6 Å². The summed E-state index contributed by atoms with van der Waals surface area (Å²) in [7, 11) is 0. The number of anilines is 1. The molecule has 0 saturated carbocycles. The van der Waals surface area contributed by atoms with Crippen LogP contribution in [0.1, 0.15) is 19.8 Å². The molecule has 0 bridgehead atoms. The standard InChI is InChI=1S/C12H13ClINO2/c1-7-2-5-11(17-7)12(16)15-10-4-3-8(13)6-9(10)14/h3-4,6-7,11H,2,5H2,1H3,(H,15,16). The monoisotopic (exact) mass is 365 g/mol. The van der Waals surface area contributed by atoms with E-state index < -0.39 is 0 Å². The van der Waals surface area contributed by atoms with E-state index in [0.717, 1.165) is 22.1 Å². The fourth-order valence-corrected chi connectivity index (χ4v) is 2.81. The summed E-state index contributed by atoms with van der Waals surface area (Å²) in [5.41, 5.74) is 0.781. The van der Waals surface area contributed by atoms with Gasteiger partial charge in [0.25, 0.3) is 5.91 Å². The molecule has 2 atom stereocenters. The lowest BCUT2D eigenvalue weighted by Gasteiger charge is -2.12. The molecule has 0 aromatic heterocycles. The van der Waals surface area contributed by atoms with E-state index in [1.165, 1.54) is 0 Å². The third kappa shape index (κ3) is 3.33. The van der Waals surface area contributed by atoms with Gasteiger partial charge in [-0.15, -0.1) is 0 Å². The lowest BCUT2D eigenvalue weighted by Crippen LogP contribution is -2.28. The molecule has 1 aliphatic heterocycles. The molecule has 2 unspecified atom stereocenters. The van der Waals surface area contributed by atoms with Crippen molar-refractivity contribution in [3.05, 3.63) is 26.8 Å². The van der Waals surface area contributed by atoms with Crippen LogP contribution in [0, 0.1) is 3.57 Å². The van der Waals surface area contributed by atoms with E-state index in [0.29, 0.717) is 5.02 Å². The van der Waals surface area contributed by atoms with Crippen molar-refractivity contribution < 1.29 is 9.53 Å². The minimum absolute atomic E-state index is 0.0745. The van der Waals surface area contributed by atoms with Crippen LogP contribution in [-0.2, 0) is 9.53 Å². The Kier molecular flexibility index (Phi) is 4.27. The number of rotatable bonds is 2. The molecule has 92 valence electrons. The van der Waals surface area contributed by atoms with Crippen molar-refractivity contribution in [2.24, 2.45) is 0 Å². The van der Waals surface area contributed by atoms with Gasteiger partial charge >= 0.3 is 0 Å². The van der Waals surface area contributed by atoms with Crippen LogP contribution in [0.5, 0.6) is 0 Å². The van der Waals surface area contributed by atoms with Crippen molar-refractivity contribution in [3.63, 3.8) is 0 Å².